The van der Waals surface area contributed by atoms with Crippen LogP contribution in [0.2, 0.25) is 5.02 Å². The molecule has 17 heavy (non-hydrogen) atoms. The Kier molecular flexibility index (Phi) is 4.55. The number of hydrogen-bond acceptors (Lipinski definition) is 2. The Balaban J connectivity index is 1.87. The van der Waals surface area contributed by atoms with Gasteiger partial charge in [-0.1, -0.05) is 30.9 Å². The second kappa shape index (κ2) is 6.15. The van der Waals surface area contributed by atoms with Gasteiger partial charge in [-0.15, -0.1) is 0 Å². The standard InChI is InChI=1S/C14H20ClNO/c1-17-14-8-7-12(9-13(14)15)16-10-11-5-3-2-4-6-11/h7-9,11,16H,2-6,10H2,1H3. The van der Waals surface area contributed by atoms with Crippen LogP contribution in [-0.2, 0) is 0 Å². The number of benzene rings is 1. The Morgan fingerprint density at radius 1 is 1.29 bits per heavy atom. The maximum atomic E-state index is 6.09. The smallest absolute Gasteiger partial charge is 0.137 e. The quantitative estimate of drug-likeness (QED) is 0.862. The van der Waals surface area contributed by atoms with E-state index in [2.05, 4.69) is 5.32 Å². The van der Waals surface area contributed by atoms with Crippen molar-refractivity contribution in [2.75, 3.05) is 19.0 Å². The summed E-state index contributed by atoms with van der Waals surface area (Å²) in [5, 5.41) is 4.13. The van der Waals surface area contributed by atoms with Gasteiger partial charge >= 0.3 is 0 Å². The van der Waals surface area contributed by atoms with Crippen LogP contribution in [0, 0.1) is 5.92 Å². The second-order valence-electron chi connectivity index (χ2n) is 4.73. The molecular weight excluding hydrogens is 234 g/mol. The molecule has 1 fully saturated rings. The van der Waals surface area contributed by atoms with E-state index in [4.69, 9.17) is 16.3 Å². The van der Waals surface area contributed by atoms with Crippen molar-refractivity contribution in [2.45, 2.75) is 32.1 Å². The molecule has 1 aromatic carbocycles. The maximum absolute atomic E-state index is 6.09. The lowest BCUT2D eigenvalue weighted by Crippen LogP contribution is -2.17. The van der Waals surface area contributed by atoms with Crippen molar-refractivity contribution < 1.29 is 4.74 Å². The van der Waals surface area contributed by atoms with Gasteiger partial charge in [0.15, 0.2) is 0 Å². The molecule has 0 bridgehead atoms. The third-order valence-corrected chi connectivity index (χ3v) is 3.77. The van der Waals surface area contributed by atoms with E-state index in [9.17, 15) is 0 Å². The van der Waals surface area contributed by atoms with Crippen LogP contribution in [0.5, 0.6) is 5.75 Å². The molecule has 0 amide bonds. The number of hydrogen-bond donors (Lipinski definition) is 1. The number of ether oxygens (including phenoxy) is 1. The Morgan fingerprint density at radius 3 is 2.71 bits per heavy atom. The first-order valence-corrected chi connectivity index (χ1v) is 6.75. The van der Waals surface area contributed by atoms with E-state index in [-0.39, 0.29) is 0 Å². The summed E-state index contributed by atoms with van der Waals surface area (Å²) >= 11 is 6.09. The number of rotatable bonds is 4. The molecule has 0 heterocycles. The van der Waals surface area contributed by atoms with Crippen molar-refractivity contribution in [2.24, 2.45) is 5.92 Å². The van der Waals surface area contributed by atoms with E-state index in [0.29, 0.717) is 5.02 Å². The molecule has 3 heteroatoms. The first-order valence-electron chi connectivity index (χ1n) is 6.37. The van der Waals surface area contributed by atoms with E-state index in [1.54, 1.807) is 7.11 Å². The summed E-state index contributed by atoms with van der Waals surface area (Å²) < 4.78 is 5.13. The molecule has 0 aromatic heterocycles. The molecule has 1 aliphatic carbocycles. The highest BCUT2D eigenvalue weighted by molar-refractivity contribution is 6.32. The lowest BCUT2D eigenvalue weighted by molar-refractivity contribution is 0.373. The van der Waals surface area contributed by atoms with Crippen LogP contribution in [0.15, 0.2) is 18.2 Å². The van der Waals surface area contributed by atoms with Gasteiger partial charge in [-0.05, 0) is 37.0 Å². The van der Waals surface area contributed by atoms with Crippen LogP contribution < -0.4 is 10.1 Å². The van der Waals surface area contributed by atoms with Gasteiger partial charge in [0.2, 0.25) is 0 Å². The summed E-state index contributed by atoms with van der Waals surface area (Å²) in [7, 11) is 1.64. The minimum Gasteiger partial charge on any atom is -0.495 e. The highest BCUT2D eigenvalue weighted by Gasteiger charge is 2.13. The van der Waals surface area contributed by atoms with Crippen molar-refractivity contribution in [3.63, 3.8) is 0 Å². The summed E-state index contributed by atoms with van der Waals surface area (Å²) in [5.41, 5.74) is 1.08. The van der Waals surface area contributed by atoms with Gasteiger partial charge in [0.25, 0.3) is 0 Å². The topological polar surface area (TPSA) is 21.3 Å². The van der Waals surface area contributed by atoms with Gasteiger partial charge in [0, 0.05) is 12.2 Å². The molecule has 2 rings (SSSR count). The fraction of sp³-hybridized carbons (Fsp3) is 0.571. The summed E-state index contributed by atoms with van der Waals surface area (Å²) in [5.74, 6) is 1.56. The van der Waals surface area contributed by atoms with Gasteiger partial charge in [0.05, 0.1) is 12.1 Å². The average molecular weight is 254 g/mol. The number of anilines is 1. The van der Waals surface area contributed by atoms with Gasteiger partial charge in [-0.2, -0.15) is 0 Å². The van der Waals surface area contributed by atoms with Crippen LogP contribution in [-0.4, -0.2) is 13.7 Å². The van der Waals surface area contributed by atoms with Crippen molar-refractivity contribution in [1.29, 1.82) is 0 Å². The molecule has 0 unspecified atom stereocenters. The third kappa shape index (κ3) is 3.53. The van der Waals surface area contributed by atoms with Crippen molar-refractivity contribution in [3.8, 4) is 5.75 Å². The molecule has 0 saturated heterocycles. The van der Waals surface area contributed by atoms with E-state index < -0.39 is 0 Å². The number of nitrogens with one attached hydrogen (secondary N) is 1. The van der Waals surface area contributed by atoms with Crippen LogP contribution in [0.4, 0.5) is 5.69 Å². The molecule has 0 atom stereocenters. The molecule has 0 radical (unpaired) electrons. The van der Waals surface area contributed by atoms with Crippen LogP contribution in [0.3, 0.4) is 0 Å². The van der Waals surface area contributed by atoms with E-state index in [1.807, 2.05) is 18.2 Å². The van der Waals surface area contributed by atoms with Gasteiger partial charge in [-0.3, -0.25) is 0 Å². The van der Waals surface area contributed by atoms with Gasteiger partial charge < -0.3 is 10.1 Å². The minimum atomic E-state index is 0.668. The predicted octanol–water partition coefficient (Wildman–Crippen LogP) is 4.34. The molecule has 0 spiro atoms. The van der Waals surface area contributed by atoms with Gasteiger partial charge in [-0.25, -0.2) is 0 Å². The normalized spacial score (nSPS) is 16.8. The predicted molar refractivity (Wildman–Crippen MR) is 73.1 cm³/mol. The first-order chi connectivity index (χ1) is 8.29. The lowest BCUT2D eigenvalue weighted by atomic mass is 9.89. The molecule has 1 N–H and O–H groups in total. The molecule has 1 aromatic rings. The van der Waals surface area contributed by atoms with Crippen LogP contribution in [0.1, 0.15) is 32.1 Å². The Bertz CT molecular complexity index is 361. The van der Waals surface area contributed by atoms with Crippen LogP contribution >= 0.6 is 11.6 Å². The van der Waals surface area contributed by atoms with Crippen molar-refractivity contribution >= 4 is 17.3 Å². The molecule has 94 valence electrons. The van der Waals surface area contributed by atoms with E-state index in [1.165, 1.54) is 32.1 Å². The molecule has 0 aliphatic heterocycles. The average Bonchev–Trinajstić information content (AvgIpc) is 2.38. The Hall–Kier alpha value is -0.890. The van der Waals surface area contributed by atoms with Crippen molar-refractivity contribution in [3.05, 3.63) is 23.2 Å². The summed E-state index contributed by atoms with van der Waals surface area (Å²) in [6.07, 6.45) is 6.89. The second-order valence-corrected chi connectivity index (χ2v) is 5.14. The van der Waals surface area contributed by atoms with Crippen molar-refractivity contribution in [1.82, 2.24) is 0 Å². The first kappa shape index (κ1) is 12.6. The fourth-order valence-electron chi connectivity index (χ4n) is 2.43. The number of halogens is 1. The highest BCUT2D eigenvalue weighted by Crippen LogP contribution is 2.28. The SMILES string of the molecule is COc1ccc(NCC2CCCCC2)cc1Cl. The third-order valence-electron chi connectivity index (χ3n) is 3.47. The zero-order valence-corrected chi connectivity index (χ0v) is 11.1. The molecule has 2 nitrogen and oxygen atoms in total. The zero-order chi connectivity index (χ0) is 12.1. The molecular formula is C14H20ClNO. The summed E-state index contributed by atoms with van der Waals surface area (Å²) in [4.78, 5) is 0. The monoisotopic (exact) mass is 253 g/mol. The largest absolute Gasteiger partial charge is 0.495 e. The van der Waals surface area contributed by atoms with E-state index >= 15 is 0 Å². The lowest BCUT2D eigenvalue weighted by Gasteiger charge is -2.22. The highest BCUT2D eigenvalue weighted by atomic mass is 35.5. The minimum absolute atomic E-state index is 0.668. The summed E-state index contributed by atoms with van der Waals surface area (Å²) in [6.45, 7) is 1.06. The Morgan fingerprint density at radius 2 is 2.06 bits per heavy atom. The Labute approximate surface area is 108 Å². The summed E-state index contributed by atoms with van der Waals surface area (Å²) in [6, 6.07) is 5.86. The van der Waals surface area contributed by atoms with Crippen LogP contribution in [0.25, 0.3) is 0 Å². The fourth-order valence-corrected chi connectivity index (χ4v) is 2.69. The molecule has 1 aliphatic rings. The van der Waals surface area contributed by atoms with E-state index in [0.717, 1.165) is 23.9 Å². The number of methoxy groups -OCH3 is 1. The maximum Gasteiger partial charge on any atom is 0.137 e. The molecule has 1 saturated carbocycles. The van der Waals surface area contributed by atoms with Gasteiger partial charge in [0.1, 0.15) is 5.75 Å². The zero-order valence-electron chi connectivity index (χ0n) is 10.3.